The fraction of sp³-hybridized carbons (Fsp3) is 0.417. The van der Waals surface area contributed by atoms with Crippen molar-refractivity contribution in [1.82, 2.24) is 5.32 Å². The van der Waals surface area contributed by atoms with E-state index in [0.717, 1.165) is 21.8 Å². The molecular formula is C24H33NO9S. The molecule has 0 spiro atoms. The lowest BCUT2D eigenvalue weighted by Gasteiger charge is -2.20. The number of ether oxygens (including phenoxy) is 3. The van der Waals surface area contributed by atoms with Crippen molar-refractivity contribution in [1.29, 1.82) is 0 Å². The number of methoxy groups -OCH3 is 1. The highest BCUT2D eigenvalue weighted by molar-refractivity contribution is 7.84. The van der Waals surface area contributed by atoms with Gasteiger partial charge in [0.05, 0.1) is 17.9 Å². The zero-order valence-electron chi connectivity index (χ0n) is 20.4. The summed E-state index contributed by atoms with van der Waals surface area (Å²) in [6, 6.07) is 11.3. The summed E-state index contributed by atoms with van der Waals surface area (Å²) in [5.74, 6) is -1.71. The van der Waals surface area contributed by atoms with Crippen LogP contribution in [0.4, 0.5) is 0 Å². The molecule has 0 aliphatic rings. The third kappa shape index (κ3) is 10.8. The summed E-state index contributed by atoms with van der Waals surface area (Å²) in [6.07, 6.45) is 1.01. The monoisotopic (exact) mass is 511 g/mol. The zero-order valence-corrected chi connectivity index (χ0v) is 21.3. The van der Waals surface area contributed by atoms with Gasteiger partial charge in [-0.15, -0.1) is 0 Å². The molecule has 3 atom stereocenters. The van der Waals surface area contributed by atoms with E-state index >= 15 is 0 Å². The first-order valence-electron chi connectivity index (χ1n) is 10.7. The van der Waals surface area contributed by atoms with Gasteiger partial charge >= 0.3 is 11.9 Å². The number of benzene rings is 2. The minimum Gasteiger partial charge on any atom is -0.493 e. The van der Waals surface area contributed by atoms with E-state index in [9.17, 15) is 9.32 Å². The van der Waals surface area contributed by atoms with Gasteiger partial charge in [0, 0.05) is 29.8 Å². The summed E-state index contributed by atoms with van der Waals surface area (Å²) in [4.78, 5) is 18.9. The molecule has 10 nitrogen and oxygen atoms in total. The number of carboxylic acid groups (broad SMARTS) is 2. The van der Waals surface area contributed by atoms with Gasteiger partial charge in [-0.25, -0.2) is 9.59 Å². The average molecular weight is 512 g/mol. The number of carbonyl (C=O) groups is 2. The van der Waals surface area contributed by atoms with E-state index in [-0.39, 0.29) is 12.6 Å². The van der Waals surface area contributed by atoms with Crippen molar-refractivity contribution >= 4 is 22.7 Å². The fourth-order valence-corrected chi connectivity index (χ4v) is 3.58. The van der Waals surface area contributed by atoms with Crippen molar-refractivity contribution < 1.29 is 43.3 Å². The van der Waals surface area contributed by atoms with E-state index in [1.54, 1.807) is 19.4 Å². The third-order valence-corrected chi connectivity index (χ3v) is 5.73. The van der Waals surface area contributed by atoms with Crippen molar-refractivity contribution in [2.45, 2.75) is 37.8 Å². The lowest BCUT2D eigenvalue weighted by Crippen LogP contribution is -2.39. The van der Waals surface area contributed by atoms with E-state index < -0.39 is 28.8 Å². The first-order chi connectivity index (χ1) is 16.5. The summed E-state index contributed by atoms with van der Waals surface area (Å²) in [7, 11) is 0.475. The van der Waals surface area contributed by atoms with Crippen LogP contribution in [0.2, 0.25) is 0 Å². The Hall–Kier alpha value is -3.15. The molecule has 4 N–H and O–H groups in total. The molecule has 0 radical (unpaired) electrons. The maximum atomic E-state index is 11.8. The van der Waals surface area contributed by atoms with Gasteiger partial charge in [-0.05, 0) is 44.0 Å². The Morgan fingerprint density at radius 3 is 2.11 bits per heavy atom. The Morgan fingerprint density at radius 1 is 0.971 bits per heavy atom. The first kappa shape index (κ1) is 29.9. The van der Waals surface area contributed by atoms with Crippen molar-refractivity contribution in [3.05, 3.63) is 47.5 Å². The molecule has 35 heavy (non-hydrogen) atoms. The quantitative estimate of drug-likeness (QED) is 0.330. The molecule has 11 heteroatoms. The number of hydrogen-bond donors (Lipinski definition) is 4. The second kappa shape index (κ2) is 15.0. The molecule has 0 aliphatic heterocycles. The highest BCUT2D eigenvalue weighted by Gasteiger charge is 2.14. The van der Waals surface area contributed by atoms with Gasteiger partial charge in [0.15, 0.2) is 11.5 Å². The number of nitrogens with one attached hydrogen (secondary N) is 1. The molecule has 0 saturated carbocycles. The fourth-order valence-electron chi connectivity index (χ4n) is 2.80. The largest absolute Gasteiger partial charge is 0.493 e. The van der Waals surface area contributed by atoms with Crippen LogP contribution in [0.5, 0.6) is 17.2 Å². The average Bonchev–Trinajstić information content (AvgIpc) is 2.81. The van der Waals surface area contributed by atoms with Crippen molar-refractivity contribution in [3.8, 4) is 17.2 Å². The molecule has 0 aliphatic carbocycles. The smallest absolute Gasteiger partial charge is 0.414 e. The van der Waals surface area contributed by atoms with E-state index in [0.29, 0.717) is 24.7 Å². The Morgan fingerprint density at radius 2 is 1.57 bits per heavy atom. The molecule has 3 unspecified atom stereocenters. The third-order valence-electron chi connectivity index (χ3n) is 4.67. The number of aliphatic carboxylic acids is 2. The van der Waals surface area contributed by atoms with Gasteiger partial charge in [0.1, 0.15) is 25.1 Å². The summed E-state index contributed by atoms with van der Waals surface area (Å²) in [5.41, 5.74) is 1.93. The molecule has 194 valence electrons. The molecule has 0 bridgehead atoms. The number of hydrogen-bond acceptors (Lipinski definition) is 8. The summed E-state index contributed by atoms with van der Waals surface area (Å²) in [6.45, 7) is 6.85. The van der Waals surface area contributed by atoms with Gasteiger partial charge in [0.25, 0.3) is 0 Å². The standard InChI is InChI=1S/C22H31NO5S.C2H2O4/c1-15-8-6-7-9-19(15)28-14-18(24)12-23-17(3)13-27-21-10-16(2)22(29(5)25)11-20(21)26-4;3-1(4)2(5)6/h6-11,17-18,23-24H,12-14H2,1-5H3;(H,3,4)(H,5,6). The first-order valence-corrected chi connectivity index (χ1v) is 12.2. The normalized spacial score (nSPS) is 13.0. The number of para-hydroxylation sites is 1. The minimum atomic E-state index is -1.82. The summed E-state index contributed by atoms with van der Waals surface area (Å²) in [5, 5.41) is 28.2. The number of aliphatic hydroxyl groups excluding tert-OH is 1. The summed E-state index contributed by atoms with van der Waals surface area (Å²) < 4.78 is 28.7. The topological polar surface area (TPSA) is 152 Å². The van der Waals surface area contributed by atoms with Gasteiger partial charge in [-0.1, -0.05) is 18.2 Å². The minimum absolute atomic E-state index is 0.00751. The molecule has 0 saturated heterocycles. The van der Waals surface area contributed by atoms with Crippen LogP contribution in [-0.4, -0.2) is 76.7 Å². The molecule has 2 aromatic rings. The molecule has 0 aromatic heterocycles. The highest BCUT2D eigenvalue weighted by atomic mass is 32.2. The van der Waals surface area contributed by atoms with Crippen molar-refractivity contribution in [2.24, 2.45) is 0 Å². The van der Waals surface area contributed by atoms with Crippen LogP contribution >= 0.6 is 0 Å². The van der Waals surface area contributed by atoms with Crippen LogP contribution in [-0.2, 0) is 20.4 Å². The Kier molecular flexibility index (Phi) is 12.8. The second-order valence-electron chi connectivity index (χ2n) is 7.68. The molecule has 0 amide bonds. The predicted octanol–water partition coefficient (Wildman–Crippen LogP) is 2.00. The Labute approximate surface area is 207 Å². The van der Waals surface area contributed by atoms with Crippen LogP contribution in [0, 0.1) is 13.8 Å². The number of aliphatic hydroxyl groups is 1. The lowest BCUT2D eigenvalue weighted by molar-refractivity contribution is -0.159. The second-order valence-corrected chi connectivity index (χ2v) is 9.03. The zero-order chi connectivity index (χ0) is 26.5. The van der Waals surface area contributed by atoms with Crippen LogP contribution in [0.15, 0.2) is 41.3 Å². The van der Waals surface area contributed by atoms with E-state index in [1.165, 1.54) is 0 Å². The number of carboxylic acids is 2. The molecule has 2 rings (SSSR count). The van der Waals surface area contributed by atoms with Crippen LogP contribution in [0.3, 0.4) is 0 Å². The molecule has 0 heterocycles. The lowest BCUT2D eigenvalue weighted by atomic mass is 10.2. The number of aryl methyl sites for hydroxylation is 2. The van der Waals surface area contributed by atoms with E-state index in [4.69, 9.17) is 34.0 Å². The Bertz CT molecular complexity index is 1000. The van der Waals surface area contributed by atoms with Crippen LogP contribution in [0.1, 0.15) is 18.1 Å². The van der Waals surface area contributed by atoms with Gasteiger partial charge in [-0.3, -0.25) is 4.21 Å². The summed E-state index contributed by atoms with van der Waals surface area (Å²) >= 11 is 0. The van der Waals surface area contributed by atoms with Crippen molar-refractivity contribution in [2.75, 3.05) is 33.1 Å². The highest BCUT2D eigenvalue weighted by Crippen LogP contribution is 2.32. The van der Waals surface area contributed by atoms with Gasteiger partial charge in [-0.2, -0.15) is 0 Å². The van der Waals surface area contributed by atoms with Crippen LogP contribution < -0.4 is 19.5 Å². The molecular weight excluding hydrogens is 478 g/mol. The Balaban J connectivity index is 0.000000905. The van der Waals surface area contributed by atoms with Gasteiger partial charge in [0.2, 0.25) is 0 Å². The van der Waals surface area contributed by atoms with E-state index in [2.05, 4.69) is 5.32 Å². The maximum absolute atomic E-state index is 11.8. The van der Waals surface area contributed by atoms with Crippen LogP contribution in [0.25, 0.3) is 0 Å². The van der Waals surface area contributed by atoms with Crippen molar-refractivity contribution in [3.63, 3.8) is 0 Å². The molecule has 2 aromatic carbocycles. The van der Waals surface area contributed by atoms with E-state index in [1.807, 2.05) is 51.1 Å². The number of rotatable bonds is 11. The maximum Gasteiger partial charge on any atom is 0.414 e. The predicted molar refractivity (Wildman–Crippen MR) is 131 cm³/mol. The SMILES string of the molecule is COc1cc(S(C)=O)c(C)cc1OCC(C)NCC(O)COc1ccccc1C.O=C(O)C(=O)O. The van der Waals surface area contributed by atoms with Gasteiger partial charge < -0.3 is 34.8 Å². The molecule has 0 fully saturated rings.